The molecule has 0 fully saturated rings. The highest BCUT2D eigenvalue weighted by molar-refractivity contribution is 5.99. The molecular formula is C25H24N2O4. The van der Waals surface area contributed by atoms with Gasteiger partial charge in [0.15, 0.2) is 0 Å². The van der Waals surface area contributed by atoms with Crippen LogP contribution in [-0.2, 0) is 9.53 Å². The number of benzene rings is 2. The van der Waals surface area contributed by atoms with Gasteiger partial charge in [0.1, 0.15) is 11.5 Å². The van der Waals surface area contributed by atoms with E-state index in [1.165, 1.54) is 0 Å². The van der Waals surface area contributed by atoms with E-state index >= 15 is 0 Å². The lowest BCUT2D eigenvalue weighted by Crippen LogP contribution is -2.09. The molecule has 2 aromatic carbocycles. The Balaban J connectivity index is 2.06. The van der Waals surface area contributed by atoms with Crippen molar-refractivity contribution in [1.82, 2.24) is 0 Å². The molecule has 0 aliphatic heterocycles. The second kappa shape index (κ2) is 11.8. The smallest absolute Gasteiger partial charge is 0.333 e. The highest BCUT2D eigenvalue weighted by atomic mass is 16.5. The van der Waals surface area contributed by atoms with E-state index in [0.717, 1.165) is 0 Å². The van der Waals surface area contributed by atoms with E-state index < -0.39 is 5.97 Å². The minimum Gasteiger partial charge on any atom is -0.494 e. The van der Waals surface area contributed by atoms with Crippen LogP contribution in [0.1, 0.15) is 31.4 Å². The van der Waals surface area contributed by atoms with E-state index in [4.69, 9.17) is 20.8 Å². The van der Waals surface area contributed by atoms with Gasteiger partial charge in [-0.25, -0.2) is 9.64 Å². The molecular weight excluding hydrogens is 392 g/mol. The maximum atomic E-state index is 11.3. The van der Waals surface area contributed by atoms with Crippen molar-refractivity contribution in [1.29, 1.82) is 5.26 Å². The van der Waals surface area contributed by atoms with E-state index in [-0.39, 0.29) is 12.3 Å². The summed E-state index contributed by atoms with van der Waals surface area (Å²) in [5.74, 6) is 0.923. The lowest BCUT2D eigenvalue weighted by molar-refractivity contribution is -0.139. The molecule has 0 aromatic heterocycles. The Morgan fingerprint density at radius 2 is 1.61 bits per heavy atom. The van der Waals surface area contributed by atoms with Gasteiger partial charge < -0.3 is 14.2 Å². The monoisotopic (exact) mass is 416 g/mol. The molecule has 0 saturated carbocycles. The summed E-state index contributed by atoms with van der Waals surface area (Å²) < 4.78 is 16.1. The maximum absolute atomic E-state index is 11.3. The third-order valence-electron chi connectivity index (χ3n) is 4.18. The number of hydrogen-bond acceptors (Lipinski definition) is 5. The molecule has 158 valence electrons. The molecule has 0 N–H and O–H groups in total. The van der Waals surface area contributed by atoms with Crippen molar-refractivity contribution in [2.45, 2.75) is 20.3 Å². The minimum absolute atomic E-state index is 0.252. The standard InChI is InChI=1S/C25H24N2O4/c1-5-29-21-11-7-19(8-12-21)23(17-26)24(27-4)20-9-13-22(14-10-20)30-15-6-16-31-25(28)18(2)3/h7-14H,2,5-6,15-16H2,1,3H3/b24-23-. The molecule has 0 atom stereocenters. The van der Waals surface area contributed by atoms with Gasteiger partial charge in [0, 0.05) is 12.0 Å². The lowest BCUT2D eigenvalue weighted by Gasteiger charge is -2.09. The summed E-state index contributed by atoms with van der Waals surface area (Å²) in [6, 6.07) is 16.2. The minimum atomic E-state index is -0.413. The van der Waals surface area contributed by atoms with E-state index in [9.17, 15) is 10.1 Å². The largest absolute Gasteiger partial charge is 0.494 e. The Labute approximate surface area is 182 Å². The Kier molecular flexibility index (Phi) is 8.89. The van der Waals surface area contributed by atoms with Gasteiger partial charge in [0.05, 0.1) is 38.0 Å². The fraction of sp³-hybridized carbons (Fsp3) is 0.240. The molecule has 0 amide bonds. The number of nitrogens with zero attached hydrogens (tertiary/aromatic N) is 2. The van der Waals surface area contributed by atoms with Gasteiger partial charge >= 0.3 is 5.97 Å². The van der Waals surface area contributed by atoms with Gasteiger partial charge in [-0.3, -0.25) is 0 Å². The second-order valence-corrected chi connectivity index (χ2v) is 6.55. The van der Waals surface area contributed by atoms with Crippen molar-refractivity contribution >= 4 is 17.2 Å². The van der Waals surface area contributed by atoms with Gasteiger partial charge in [-0.05, 0) is 49.2 Å². The first-order valence-electron chi connectivity index (χ1n) is 9.81. The molecule has 0 unspecified atom stereocenters. The van der Waals surface area contributed by atoms with Crippen molar-refractivity contribution in [2.75, 3.05) is 19.8 Å². The predicted molar refractivity (Wildman–Crippen MR) is 119 cm³/mol. The number of nitriles is 1. The summed E-state index contributed by atoms with van der Waals surface area (Å²) in [7, 11) is 0. The fourth-order valence-electron chi connectivity index (χ4n) is 2.65. The van der Waals surface area contributed by atoms with E-state index in [0.29, 0.717) is 53.4 Å². The molecule has 6 nitrogen and oxygen atoms in total. The highest BCUT2D eigenvalue weighted by Gasteiger charge is 2.12. The van der Waals surface area contributed by atoms with Gasteiger partial charge in [0.2, 0.25) is 5.70 Å². The second-order valence-electron chi connectivity index (χ2n) is 6.55. The van der Waals surface area contributed by atoms with Crippen LogP contribution in [0.2, 0.25) is 0 Å². The number of carbonyl (C=O) groups excluding carboxylic acids is 1. The van der Waals surface area contributed by atoms with Crippen LogP contribution in [-0.4, -0.2) is 25.8 Å². The average Bonchev–Trinajstić information content (AvgIpc) is 2.78. The Morgan fingerprint density at radius 3 is 2.13 bits per heavy atom. The number of esters is 1. The first-order valence-corrected chi connectivity index (χ1v) is 9.81. The number of carbonyl (C=O) groups is 1. The lowest BCUT2D eigenvalue weighted by atomic mass is 10.0. The van der Waals surface area contributed by atoms with Gasteiger partial charge in [0.25, 0.3) is 0 Å². The van der Waals surface area contributed by atoms with Gasteiger partial charge in [-0.1, -0.05) is 30.8 Å². The van der Waals surface area contributed by atoms with Crippen molar-refractivity contribution in [2.24, 2.45) is 0 Å². The number of allylic oxidation sites excluding steroid dienone is 1. The van der Waals surface area contributed by atoms with Crippen LogP contribution in [0, 0.1) is 17.9 Å². The molecule has 31 heavy (non-hydrogen) atoms. The van der Waals surface area contributed by atoms with E-state index in [1.54, 1.807) is 55.5 Å². The van der Waals surface area contributed by atoms with E-state index in [1.807, 2.05) is 6.92 Å². The van der Waals surface area contributed by atoms with Gasteiger partial charge in [-0.2, -0.15) is 5.26 Å². The number of rotatable bonds is 10. The fourth-order valence-corrected chi connectivity index (χ4v) is 2.65. The van der Waals surface area contributed by atoms with Crippen LogP contribution in [0.3, 0.4) is 0 Å². The van der Waals surface area contributed by atoms with E-state index in [2.05, 4.69) is 17.5 Å². The maximum Gasteiger partial charge on any atom is 0.333 e. The normalized spacial score (nSPS) is 10.8. The zero-order valence-electron chi connectivity index (χ0n) is 17.7. The molecule has 0 bridgehead atoms. The molecule has 0 aliphatic carbocycles. The molecule has 0 spiro atoms. The van der Waals surface area contributed by atoms with Crippen molar-refractivity contribution in [3.63, 3.8) is 0 Å². The van der Waals surface area contributed by atoms with Crippen LogP contribution in [0.5, 0.6) is 11.5 Å². The van der Waals surface area contributed by atoms with Crippen LogP contribution >= 0.6 is 0 Å². The van der Waals surface area contributed by atoms with Crippen LogP contribution in [0.25, 0.3) is 16.1 Å². The molecule has 2 aromatic rings. The van der Waals surface area contributed by atoms with Crippen LogP contribution in [0.4, 0.5) is 0 Å². The zero-order valence-corrected chi connectivity index (χ0v) is 17.7. The predicted octanol–water partition coefficient (Wildman–Crippen LogP) is 5.28. The van der Waals surface area contributed by atoms with Gasteiger partial charge in [-0.15, -0.1) is 0 Å². The molecule has 6 heteroatoms. The molecule has 2 rings (SSSR count). The first-order chi connectivity index (χ1) is 15.0. The van der Waals surface area contributed by atoms with Crippen molar-refractivity contribution in [3.05, 3.63) is 83.2 Å². The topological polar surface area (TPSA) is 72.9 Å². The average molecular weight is 416 g/mol. The Morgan fingerprint density at radius 1 is 1.03 bits per heavy atom. The summed E-state index contributed by atoms with van der Waals surface area (Å²) in [4.78, 5) is 14.9. The number of hydrogen-bond donors (Lipinski definition) is 0. The highest BCUT2D eigenvalue weighted by Crippen LogP contribution is 2.29. The third kappa shape index (κ3) is 6.76. The first kappa shape index (κ1) is 23.3. The van der Waals surface area contributed by atoms with Crippen molar-refractivity contribution < 1.29 is 19.0 Å². The van der Waals surface area contributed by atoms with Crippen molar-refractivity contribution in [3.8, 4) is 17.6 Å². The molecule has 0 heterocycles. The molecule has 0 saturated heterocycles. The summed E-state index contributed by atoms with van der Waals surface area (Å²) >= 11 is 0. The molecule has 0 aliphatic rings. The van der Waals surface area contributed by atoms with Crippen LogP contribution < -0.4 is 9.47 Å². The summed E-state index contributed by atoms with van der Waals surface area (Å²) in [5, 5.41) is 9.66. The third-order valence-corrected chi connectivity index (χ3v) is 4.18. The summed E-state index contributed by atoms with van der Waals surface area (Å²) in [6.07, 6.45) is 0.546. The Hall–Kier alpha value is -4.03. The zero-order chi connectivity index (χ0) is 22.6. The summed E-state index contributed by atoms with van der Waals surface area (Å²) in [5.41, 5.74) is 2.21. The Bertz CT molecular complexity index is 1020. The van der Waals surface area contributed by atoms with Crippen LogP contribution in [0.15, 0.2) is 60.7 Å². The molecule has 0 radical (unpaired) electrons. The summed E-state index contributed by atoms with van der Waals surface area (Å²) in [6.45, 7) is 15.8. The SMILES string of the molecule is [C-]#[N+]/C(=C(/C#N)c1ccc(OCC)cc1)c1ccc(OCCCOC(=O)C(=C)C)cc1. The quantitative estimate of drug-likeness (QED) is 0.131. The number of ether oxygens (including phenoxy) is 3.